The molecule has 1 amide bonds. The standard InChI is InChI=1S/C12H18N4O4/c1-2-9-11(12(18)19)14-15-16(9)7-10(17)13-8-3-5-20-6-4-8/h8H,2-7H2,1H3,(H,13,17)(H,18,19). The molecule has 0 unspecified atom stereocenters. The van der Waals surface area contributed by atoms with Gasteiger partial charge in [0.05, 0.1) is 5.69 Å². The molecule has 1 fully saturated rings. The lowest BCUT2D eigenvalue weighted by Crippen LogP contribution is -2.40. The van der Waals surface area contributed by atoms with E-state index in [1.807, 2.05) is 0 Å². The fourth-order valence-electron chi connectivity index (χ4n) is 2.23. The van der Waals surface area contributed by atoms with Gasteiger partial charge in [0.1, 0.15) is 6.54 Å². The van der Waals surface area contributed by atoms with Crippen molar-refractivity contribution < 1.29 is 19.4 Å². The average Bonchev–Trinajstić information content (AvgIpc) is 2.82. The van der Waals surface area contributed by atoms with Gasteiger partial charge in [-0.3, -0.25) is 4.79 Å². The van der Waals surface area contributed by atoms with Crippen molar-refractivity contribution in [3.8, 4) is 0 Å². The monoisotopic (exact) mass is 282 g/mol. The molecule has 1 saturated heterocycles. The molecular weight excluding hydrogens is 264 g/mol. The molecular formula is C12H18N4O4. The van der Waals surface area contributed by atoms with Crippen LogP contribution in [0.4, 0.5) is 0 Å². The van der Waals surface area contributed by atoms with Crippen LogP contribution in [-0.2, 0) is 22.5 Å². The van der Waals surface area contributed by atoms with E-state index in [1.165, 1.54) is 4.68 Å². The van der Waals surface area contributed by atoms with Gasteiger partial charge >= 0.3 is 5.97 Å². The van der Waals surface area contributed by atoms with Crippen molar-refractivity contribution in [2.24, 2.45) is 0 Å². The number of carboxylic acids is 1. The number of hydrogen-bond donors (Lipinski definition) is 2. The predicted molar refractivity (Wildman–Crippen MR) is 68.3 cm³/mol. The second-order valence-electron chi connectivity index (χ2n) is 4.66. The van der Waals surface area contributed by atoms with Crippen LogP contribution in [-0.4, -0.2) is 51.2 Å². The molecule has 0 bridgehead atoms. The summed E-state index contributed by atoms with van der Waals surface area (Å²) >= 11 is 0. The second kappa shape index (κ2) is 6.47. The summed E-state index contributed by atoms with van der Waals surface area (Å²) in [5, 5.41) is 19.2. The fourth-order valence-corrected chi connectivity index (χ4v) is 2.23. The van der Waals surface area contributed by atoms with Crippen LogP contribution < -0.4 is 5.32 Å². The molecule has 0 saturated carbocycles. The van der Waals surface area contributed by atoms with E-state index in [-0.39, 0.29) is 24.2 Å². The van der Waals surface area contributed by atoms with Gasteiger partial charge in [-0.25, -0.2) is 9.48 Å². The van der Waals surface area contributed by atoms with Gasteiger partial charge in [-0.2, -0.15) is 0 Å². The van der Waals surface area contributed by atoms with Crippen molar-refractivity contribution in [2.75, 3.05) is 13.2 Å². The highest BCUT2D eigenvalue weighted by atomic mass is 16.5. The molecule has 2 heterocycles. The SMILES string of the molecule is CCc1c(C(=O)O)nnn1CC(=O)NC1CCOCC1. The third-order valence-corrected chi connectivity index (χ3v) is 3.25. The Hall–Kier alpha value is -1.96. The molecule has 1 aromatic rings. The zero-order valence-corrected chi connectivity index (χ0v) is 11.3. The third-order valence-electron chi connectivity index (χ3n) is 3.25. The van der Waals surface area contributed by atoms with Gasteiger partial charge in [-0.1, -0.05) is 12.1 Å². The normalized spacial score (nSPS) is 16.1. The largest absolute Gasteiger partial charge is 0.476 e. The first kappa shape index (κ1) is 14.4. The lowest BCUT2D eigenvalue weighted by atomic mass is 10.1. The van der Waals surface area contributed by atoms with Crippen LogP contribution in [0.2, 0.25) is 0 Å². The van der Waals surface area contributed by atoms with E-state index in [1.54, 1.807) is 6.92 Å². The Morgan fingerprint density at radius 1 is 1.45 bits per heavy atom. The zero-order chi connectivity index (χ0) is 14.5. The Labute approximate surface area is 116 Å². The van der Waals surface area contributed by atoms with Crippen molar-refractivity contribution in [1.82, 2.24) is 20.3 Å². The summed E-state index contributed by atoms with van der Waals surface area (Å²) < 4.78 is 6.57. The van der Waals surface area contributed by atoms with Crippen LogP contribution in [0.25, 0.3) is 0 Å². The van der Waals surface area contributed by atoms with E-state index in [0.717, 1.165) is 12.8 Å². The Bertz CT molecular complexity index is 494. The second-order valence-corrected chi connectivity index (χ2v) is 4.66. The molecule has 2 rings (SSSR count). The van der Waals surface area contributed by atoms with E-state index in [2.05, 4.69) is 15.6 Å². The third kappa shape index (κ3) is 3.32. The van der Waals surface area contributed by atoms with Crippen LogP contribution in [0.3, 0.4) is 0 Å². The van der Waals surface area contributed by atoms with Crippen LogP contribution in [0.5, 0.6) is 0 Å². The van der Waals surface area contributed by atoms with Crippen LogP contribution in [0.15, 0.2) is 0 Å². The van der Waals surface area contributed by atoms with E-state index < -0.39 is 5.97 Å². The minimum atomic E-state index is -1.13. The van der Waals surface area contributed by atoms with E-state index in [4.69, 9.17) is 9.84 Å². The number of aromatic nitrogens is 3. The number of nitrogens with zero attached hydrogens (tertiary/aromatic N) is 3. The molecule has 0 radical (unpaired) electrons. The Morgan fingerprint density at radius 3 is 2.75 bits per heavy atom. The lowest BCUT2D eigenvalue weighted by molar-refractivity contribution is -0.123. The van der Waals surface area contributed by atoms with Gasteiger partial charge in [-0.05, 0) is 19.3 Å². The molecule has 1 aromatic heterocycles. The van der Waals surface area contributed by atoms with E-state index in [0.29, 0.717) is 25.3 Å². The number of ether oxygens (including phenoxy) is 1. The minimum absolute atomic E-state index is 0.0131. The predicted octanol–water partition coefficient (Wildman–Crippen LogP) is -0.166. The van der Waals surface area contributed by atoms with Crippen LogP contribution >= 0.6 is 0 Å². The molecule has 0 aliphatic carbocycles. The fraction of sp³-hybridized carbons (Fsp3) is 0.667. The van der Waals surface area contributed by atoms with Crippen LogP contribution in [0.1, 0.15) is 35.9 Å². The van der Waals surface area contributed by atoms with Crippen LogP contribution in [0, 0.1) is 0 Å². The van der Waals surface area contributed by atoms with Gasteiger partial charge < -0.3 is 15.2 Å². The van der Waals surface area contributed by atoms with Crippen molar-refractivity contribution in [1.29, 1.82) is 0 Å². The smallest absolute Gasteiger partial charge is 0.358 e. The highest BCUT2D eigenvalue weighted by Gasteiger charge is 2.20. The Balaban J connectivity index is 1.98. The molecule has 8 heteroatoms. The molecule has 0 atom stereocenters. The number of hydrogen-bond acceptors (Lipinski definition) is 5. The van der Waals surface area contributed by atoms with Crippen molar-refractivity contribution in [2.45, 2.75) is 38.8 Å². The van der Waals surface area contributed by atoms with Gasteiger partial charge in [0, 0.05) is 19.3 Å². The molecule has 1 aliphatic heterocycles. The lowest BCUT2D eigenvalue weighted by Gasteiger charge is -2.23. The van der Waals surface area contributed by atoms with Crippen molar-refractivity contribution in [3.63, 3.8) is 0 Å². The average molecular weight is 282 g/mol. The molecule has 2 N–H and O–H groups in total. The first-order valence-electron chi connectivity index (χ1n) is 6.64. The number of nitrogens with one attached hydrogen (secondary N) is 1. The van der Waals surface area contributed by atoms with E-state index in [9.17, 15) is 9.59 Å². The van der Waals surface area contributed by atoms with Crippen molar-refractivity contribution in [3.05, 3.63) is 11.4 Å². The molecule has 8 nitrogen and oxygen atoms in total. The topological polar surface area (TPSA) is 106 Å². The summed E-state index contributed by atoms with van der Waals surface area (Å²) in [4.78, 5) is 22.9. The van der Waals surface area contributed by atoms with Crippen molar-refractivity contribution >= 4 is 11.9 Å². The number of rotatable bonds is 5. The van der Waals surface area contributed by atoms with Gasteiger partial charge in [0.25, 0.3) is 0 Å². The Morgan fingerprint density at radius 2 is 2.15 bits per heavy atom. The molecule has 1 aliphatic rings. The molecule has 20 heavy (non-hydrogen) atoms. The van der Waals surface area contributed by atoms with E-state index >= 15 is 0 Å². The number of carbonyl (C=O) groups excluding carboxylic acids is 1. The maximum atomic E-state index is 11.9. The first-order chi connectivity index (χ1) is 9.61. The van der Waals surface area contributed by atoms with Gasteiger partial charge in [0.2, 0.25) is 5.91 Å². The maximum absolute atomic E-state index is 11.9. The Kier molecular flexibility index (Phi) is 4.67. The molecule has 0 aromatic carbocycles. The van der Waals surface area contributed by atoms with Gasteiger partial charge in [-0.15, -0.1) is 5.10 Å². The quantitative estimate of drug-likeness (QED) is 0.777. The molecule has 0 spiro atoms. The summed E-state index contributed by atoms with van der Waals surface area (Å²) in [5.41, 5.74) is 0.367. The highest BCUT2D eigenvalue weighted by molar-refractivity contribution is 5.86. The number of aromatic carboxylic acids is 1. The maximum Gasteiger partial charge on any atom is 0.358 e. The summed E-state index contributed by atoms with van der Waals surface area (Å²) in [6.45, 7) is 3.09. The first-order valence-corrected chi connectivity index (χ1v) is 6.64. The zero-order valence-electron chi connectivity index (χ0n) is 11.3. The minimum Gasteiger partial charge on any atom is -0.476 e. The molecule has 110 valence electrons. The highest BCUT2D eigenvalue weighted by Crippen LogP contribution is 2.08. The number of carboxylic acid groups (broad SMARTS) is 1. The van der Waals surface area contributed by atoms with Gasteiger partial charge in [0.15, 0.2) is 5.69 Å². The summed E-state index contributed by atoms with van der Waals surface area (Å²) in [7, 11) is 0. The number of amides is 1. The number of carbonyl (C=O) groups is 2. The summed E-state index contributed by atoms with van der Waals surface area (Å²) in [5.74, 6) is -1.31. The summed E-state index contributed by atoms with van der Waals surface area (Å²) in [6, 6.07) is 0.115. The summed E-state index contributed by atoms with van der Waals surface area (Å²) in [6.07, 6.45) is 2.05.